The van der Waals surface area contributed by atoms with Crippen molar-refractivity contribution >= 4 is 33.7 Å². The van der Waals surface area contributed by atoms with E-state index in [0.717, 1.165) is 16.5 Å². The zero-order valence-electron chi connectivity index (χ0n) is 7.99. The van der Waals surface area contributed by atoms with Gasteiger partial charge in [-0.1, -0.05) is 23.2 Å². The summed E-state index contributed by atoms with van der Waals surface area (Å²) in [4.78, 5) is 8.07. The Morgan fingerprint density at radius 2 is 2.13 bits per heavy atom. The second-order valence-electron chi connectivity index (χ2n) is 3.44. The molecule has 1 aromatic carbocycles. The molecule has 0 saturated carbocycles. The fraction of sp³-hybridized carbons (Fsp3) is 0.0909. The molecule has 0 aliphatic heterocycles. The highest BCUT2D eigenvalue weighted by Gasteiger charge is 2.11. The fourth-order valence-electron chi connectivity index (χ4n) is 1.66. The molecule has 3 aromatic rings. The van der Waals surface area contributed by atoms with Crippen LogP contribution in [0.4, 0.5) is 0 Å². The second-order valence-corrected chi connectivity index (χ2v) is 3.80. The number of halogens is 1. The van der Waals surface area contributed by atoms with Crippen LogP contribution >= 0.6 is 11.6 Å². The third kappa shape index (κ3) is 1.20. The highest BCUT2D eigenvalue weighted by Crippen LogP contribution is 2.30. The molecule has 74 valence electrons. The predicted molar refractivity (Wildman–Crippen MR) is 59.1 cm³/mol. The molecule has 0 amide bonds. The van der Waals surface area contributed by atoms with Gasteiger partial charge in [-0.15, -0.1) is 0 Å². The first-order valence-electron chi connectivity index (χ1n) is 4.55. The van der Waals surface area contributed by atoms with E-state index < -0.39 is 0 Å². The molecule has 4 heteroatoms. The Labute approximate surface area is 90.7 Å². The van der Waals surface area contributed by atoms with E-state index in [-0.39, 0.29) is 0 Å². The number of aromatic nitrogens is 2. The molecule has 3 rings (SSSR count). The van der Waals surface area contributed by atoms with E-state index in [4.69, 9.17) is 16.0 Å². The summed E-state index contributed by atoms with van der Waals surface area (Å²) in [5, 5.41) is 1.34. The number of benzene rings is 1. The number of hydrogen-bond acceptors (Lipinski definition) is 3. The first kappa shape index (κ1) is 8.68. The van der Waals surface area contributed by atoms with Crippen LogP contribution in [0.5, 0.6) is 0 Å². The Morgan fingerprint density at radius 3 is 3.00 bits per heavy atom. The Balaban J connectivity index is 2.58. The van der Waals surface area contributed by atoms with Crippen LogP contribution in [0.15, 0.2) is 28.9 Å². The van der Waals surface area contributed by atoms with Crippen molar-refractivity contribution in [1.82, 2.24) is 9.97 Å². The number of aryl methyl sites for hydroxylation is 1. The minimum Gasteiger partial charge on any atom is -0.451 e. The summed E-state index contributed by atoms with van der Waals surface area (Å²) >= 11 is 5.92. The van der Waals surface area contributed by atoms with Crippen LogP contribution in [0.1, 0.15) is 5.56 Å². The van der Waals surface area contributed by atoms with Crippen molar-refractivity contribution in [1.29, 1.82) is 0 Å². The van der Waals surface area contributed by atoms with Crippen LogP contribution in [-0.4, -0.2) is 9.97 Å². The van der Waals surface area contributed by atoms with E-state index in [1.165, 1.54) is 11.9 Å². The standard InChI is InChI=1S/C11H7ClN2O/c1-6-2-3-8-7(4-6)9-10(15-8)11(12)14-5-13-9/h2-5H,1H3. The summed E-state index contributed by atoms with van der Waals surface area (Å²) in [6.45, 7) is 2.03. The highest BCUT2D eigenvalue weighted by molar-refractivity contribution is 6.34. The largest absolute Gasteiger partial charge is 0.451 e. The van der Waals surface area contributed by atoms with E-state index in [0.29, 0.717) is 10.7 Å². The van der Waals surface area contributed by atoms with Crippen LogP contribution in [-0.2, 0) is 0 Å². The molecule has 2 aromatic heterocycles. The van der Waals surface area contributed by atoms with Crippen LogP contribution in [0.2, 0.25) is 5.15 Å². The maximum atomic E-state index is 5.92. The number of fused-ring (bicyclic) bond motifs is 3. The molecule has 3 nitrogen and oxygen atoms in total. The molecule has 0 N–H and O–H groups in total. The number of nitrogens with zero attached hydrogens (tertiary/aromatic N) is 2. The predicted octanol–water partition coefficient (Wildman–Crippen LogP) is 3.34. The lowest BCUT2D eigenvalue weighted by Gasteiger charge is -1.90. The van der Waals surface area contributed by atoms with E-state index in [2.05, 4.69) is 9.97 Å². The van der Waals surface area contributed by atoms with Gasteiger partial charge in [-0.2, -0.15) is 0 Å². The van der Waals surface area contributed by atoms with Gasteiger partial charge >= 0.3 is 0 Å². The lowest BCUT2D eigenvalue weighted by atomic mass is 10.2. The van der Waals surface area contributed by atoms with Gasteiger partial charge in [0.15, 0.2) is 10.7 Å². The maximum Gasteiger partial charge on any atom is 0.191 e. The Bertz CT molecular complexity index is 660. The quantitative estimate of drug-likeness (QED) is 0.544. The van der Waals surface area contributed by atoms with Gasteiger partial charge in [-0.25, -0.2) is 9.97 Å². The molecule has 0 atom stereocenters. The minimum absolute atomic E-state index is 0.355. The summed E-state index contributed by atoms with van der Waals surface area (Å²) in [6.07, 6.45) is 1.45. The van der Waals surface area contributed by atoms with Gasteiger partial charge in [0.2, 0.25) is 0 Å². The molecular weight excluding hydrogens is 212 g/mol. The van der Waals surface area contributed by atoms with Crippen LogP contribution in [0.25, 0.3) is 22.1 Å². The van der Waals surface area contributed by atoms with Gasteiger partial charge in [-0.05, 0) is 19.1 Å². The van der Waals surface area contributed by atoms with Crippen molar-refractivity contribution in [2.75, 3.05) is 0 Å². The van der Waals surface area contributed by atoms with Gasteiger partial charge in [0.25, 0.3) is 0 Å². The Morgan fingerprint density at radius 1 is 1.27 bits per heavy atom. The summed E-state index contributed by atoms with van der Waals surface area (Å²) < 4.78 is 5.58. The van der Waals surface area contributed by atoms with E-state index in [1.807, 2.05) is 25.1 Å². The van der Waals surface area contributed by atoms with Gasteiger partial charge < -0.3 is 4.42 Å². The number of furan rings is 1. The zero-order valence-corrected chi connectivity index (χ0v) is 8.75. The Hall–Kier alpha value is -1.61. The number of rotatable bonds is 0. The van der Waals surface area contributed by atoms with E-state index in [9.17, 15) is 0 Å². The van der Waals surface area contributed by atoms with Crippen molar-refractivity contribution < 1.29 is 4.42 Å². The Kier molecular flexibility index (Phi) is 1.70. The lowest BCUT2D eigenvalue weighted by Crippen LogP contribution is -1.79. The molecule has 0 fully saturated rings. The number of hydrogen-bond donors (Lipinski definition) is 0. The van der Waals surface area contributed by atoms with Crippen LogP contribution in [0.3, 0.4) is 0 Å². The third-order valence-corrected chi connectivity index (χ3v) is 2.63. The topological polar surface area (TPSA) is 38.9 Å². The molecule has 0 bridgehead atoms. The van der Waals surface area contributed by atoms with Crippen molar-refractivity contribution in [2.24, 2.45) is 0 Å². The first-order chi connectivity index (χ1) is 7.25. The van der Waals surface area contributed by atoms with Crippen LogP contribution < -0.4 is 0 Å². The maximum absolute atomic E-state index is 5.92. The summed E-state index contributed by atoms with van der Waals surface area (Å²) in [5.41, 5.74) is 3.28. The van der Waals surface area contributed by atoms with Gasteiger partial charge in [0, 0.05) is 5.39 Å². The minimum atomic E-state index is 0.355. The van der Waals surface area contributed by atoms with Gasteiger partial charge in [0.05, 0.1) is 0 Å². The fourth-order valence-corrected chi connectivity index (χ4v) is 1.83. The van der Waals surface area contributed by atoms with Gasteiger partial charge in [-0.3, -0.25) is 0 Å². The molecule has 0 aliphatic rings. The van der Waals surface area contributed by atoms with Crippen molar-refractivity contribution in [2.45, 2.75) is 6.92 Å². The molecule has 2 heterocycles. The average Bonchev–Trinajstić information content (AvgIpc) is 2.58. The third-order valence-electron chi connectivity index (χ3n) is 2.36. The summed E-state index contributed by atoms with van der Waals surface area (Å²) in [7, 11) is 0. The molecule has 0 radical (unpaired) electrons. The van der Waals surface area contributed by atoms with Crippen LogP contribution in [0, 0.1) is 6.92 Å². The molecule has 0 aliphatic carbocycles. The zero-order chi connectivity index (χ0) is 10.4. The normalized spacial score (nSPS) is 11.3. The van der Waals surface area contributed by atoms with E-state index in [1.54, 1.807) is 0 Å². The highest BCUT2D eigenvalue weighted by atomic mass is 35.5. The van der Waals surface area contributed by atoms with Crippen molar-refractivity contribution in [3.05, 3.63) is 35.2 Å². The molecule has 0 spiro atoms. The second kappa shape index (κ2) is 2.94. The summed E-state index contributed by atoms with van der Waals surface area (Å²) in [6, 6.07) is 5.94. The SMILES string of the molecule is Cc1ccc2oc3c(Cl)ncnc3c2c1. The van der Waals surface area contributed by atoms with Crippen molar-refractivity contribution in [3.63, 3.8) is 0 Å². The summed E-state index contributed by atoms with van der Waals surface area (Å²) in [5.74, 6) is 0. The van der Waals surface area contributed by atoms with Crippen molar-refractivity contribution in [3.8, 4) is 0 Å². The first-order valence-corrected chi connectivity index (χ1v) is 4.93. The monoisotopic (exact) mass is 218 g/mol. The molecule has 15 heavy (non-hydrogen) atoms. The average molecular weight is 219 g/mol. The molecule has 0 unspecified atom stereocenters. The molecular formula is C11H7ClN2O. The molecule has 0 saturated heterocycles. The van der Waals surface area contributed by atoms with Gasteiger partial charge in [0.1, 0.15) is 17.4 Å². The lowest BCUT2D eigenvalue weighted by molar-refractivity contribution is 0.666. The smallest absolute Gasteiger partial charge is 0.191 e. The van der Waals surface area contributed by atoms with E-state index >= 15 is 0 Å².